The number of carbonyl (C=O) groups is 2. The van der Waals surface area contributed by atoms with Crippen molar-refractivity contribution < 1.29 is 77.3 Å². The zero-order valence-corrected chi connectivity index (χ0v) is 47.3. The Labute approximate surface area is 448 Å². The van der Waals surface area contributed by atoms with E-state index in [2.05, 4.69) is 114 Å². The Kier molecular flexibility index (Phi) is 22.9. The minimum Gasteiger partial charge on any atom is -0.415 e. The van der Waals surface area contributed by atoms with Gasteiger partial charge in [0, 0.05) is 99.4 Å². The van der Waals surface area contributed by atoms with Crippen LogP contribution in [0.5, 0.6) is 0 Å². The van der Waals surface area contributed by atoms with E-state index in [1.165, 1.54) is 43.3 Å². The first kappa shape index (κ1) is 60.2. The van der Waals surface area contributed by atoms with Gasteiger partial charge in [0.2, 0.25) is 17.1 Å². The summed E-state index contributed by atoms with van der Waals surface area (Å²) in [4.78, 5) is 22.7. The van der Waals surface area contributed by atoms with Gasteiger partial charge in [-0.05, 0) is 105 Å². The summed E-state index contributed by atoms with van der Waals surface area (Å²) in [7, 11) is 0. The maximum atomic E-state index is 13.6. The minimum atomic E-state index is -5.03. The van der Waals surface area contributed by atoms with E-state index in [9.17, 15) is 59.3 Å². The maximum absolute atomic E-state index is 13.6. The normalized spacial score (nSPS) is 18.9. The van der Waals surface area contributed by atoms with E-state index in [4.69, 9.17) is 34.8 Å². The molecule has 0 spiro atoms. The fourth-order valence-corrected chi connectivity index (χ4v) is 6.12. The molecule has 7 nitrogen and oxygen atoms in total. The standard InChI is InChI=1S/C15H13ClF3NO2.C14H9ClF3NO2.C14H12ClF3O.I3.I2/c1-9(21)20-13-5-4-11(16)8-12(13)14(22,15(17,18)19)7-6-10-2-3-10;15-9-3-4-11-10(7-9)13(14(16,17)18,21-12(20)19-11)6-5-8-1-2-8;1-9-2-5-11(15)8-12(9)13(19,14(16,17)18)7-6-10-3-4-10;1-3-2;1-2/h4-5,8,10,22H,2-3H2,1H3,(H,20,21);3-4,7-8H,1-2H2,(H,19,20);2,5,8,10,19H,3-4H2,1H3;;/q;;;-1;/t14-;2*13-;;/m000../s1. The second-order valence-electron chi connectivity index (χ2n) is 14.8. The van der Waals surface area contributed by atoms with E-state index >= 15 is 0 Å². The molecule has 0 saturated heterocycles. The van der Waals surface area contributed by atoms with Crippen LogP contribution in [0, 0.1) is 60.2 Å². The van der Waals surface area contributed by atoms with Crippen LogP contribution in [0.25, 0.3) is 0 Å². The number of aryl methyl sites for hydroxylation is 1. The molecular formula is C43H34Cl3F9I5N2O5-. The van der Waals surface area contributed by atoms with Gasteiger partial charge in [0.25, 0.3) is 5.60 Å². The molecule has 3 atom stereocenters. The first-order valence-electron chi connectivity index (χ1n) is 19.0. The second kappa shape index (κ2) is 25.5. The first-order valence-corrected chi connectivity index (χ1v) is 39.0. The van der Waals surface area contributed by atoms with E-state index in [1.54, 1.807) is 0 Å². The Morgan fingerprint density at radius 1 is 0.746 bits per heavy atom. The smallest absolute Gasteiger partial charge is 0.415 e. The molecule has 3 aliphatic carbocycles. The summed E-state index contributed by atoms with van der Waals surface area (Å²) in [6.07, 6.45) is -11.4. The Bertz CT molecular complexity index is 2460. The third kappa shape index (κ3) is 17.0. The molecule has 2 amide bonds. The van der Waals surface area contributed by atoms with Crippen molar-refractivity contribution in [1.82, 2.24) is 0 Å². The summed E-state index contributed by atoms with van der Waals surface area (Å²) in [5.74, 6) is 12.7. The summed E-state index contributed by atoms with van der Waals surface area (Å²) < 4.78 is 125. The van der Waals surface area contributed by atoms with Gasteiger partial charge in [0.1, 0.15) is 0 Å². The monoisotopic (exact) mass is 1570 g/mol. The van der Waals surface area contributed by atoms with Crippen LogP contribution in [-0.2, 0) is 26.3 Å². The number of hydrogen-bond donors (Lipinski definition) is 4. The Morgan fingerprint density at radius 2 is 1.16 bits per heavy atom. The van der Waals surface area contributed by atoms with Crippen LogP contribution in [0.1, 0.15) is 67.7 Å². The van der Waals surface area contributed by atoms with Crippen LogP contribution < -0.4 is 23.9 Å². The Morgan fingerprint density at radius 3 is 1.61 bits per heavy atom. The fraction of sp³-hybridized carbons (Fsp3) is 0.395. The number of amides is 2. The van der Waals surface area contributed by atoms with Crippen molar-refractivity contribution in [2.75, 3.05) is 10.6 Å². The largest absolute Gasteiger partial charge is 0.445 e. The SMILES string of the molecule is CC(=O)Nc1ccc(Cl)cc1[C@@](O)(C#CC1CC1)C(F)(F)F.Cc1ccc(Cl)cc1[C@@](O)(C#CC1CC1)C(F)(F)F.II.I[I-]I.O=C1Nc2ccc(Cl)cc2[C@@](C#CC2CC2)(C(F)(F)F)O1. The topological polar surface area (TPSA) is 108 Å². The fourth-order valence-electron chi connectivity index (χ4n) is 5.60. The number of rotatable bonds is 3. The van der Waals surface area contributed by atoms with Crippen molar-refractivity contribution in [2.24, 2.45) is 17.8 Å². The molecule has 4 N–H and O–H groups in total. The van der Waals surface area contributed by atoms with Gasteiger partial charge in [-0.3, -0.25) is 10.1 Å². The van der Waals surface area contributed by atoms with Crippen molar-refractivity contribution >= 4 is 133 Å². The van der Waals surface area contributed by atoms with E-state index in [0.29, 0.717) is 18.8 Å². The molecule has 3 fully saturated rings. The molecule has 7 rings (SSSR count). The Hall–Kier alpha value is -1.11. The molecule has 3 aromatic rings. The number of fused-ring (bicyclic) bond motifs is 1. The number of nitrogens with one attached hydrogen (secondary N) is 2. The van der Waals surface area contributed by atoms with Gasteiger partial charge >= 0.3 is 75.1 Å². The van der Waals surface area contributed by atoms with Crippen LogP contribution in [0.3, 0.4) is 0 Å². The molecule has 0 bridgehead atoms. The zero-order chi connectivity index (χ0) is 50.8. The molecule has 0 unspecified atom stereocenters. The van der Waals surface area contributed by atoms with Crippen LogP contribution in [-0.4, -0.2) is 40.7 Å². The average molecular weight is 1570 g/mol. The number of cyclic esters (lactones) is 1. The van der Waals surface area contributed by atoms with E-state index in [1.807, 2.05) is 11.8 Å². The van der Waals surface area contributed by atoms with Crippen LogP contribution in [0.15, 0.2) is 54.6 Å². The van der Waals surface area contributed by atoms with Gasteiger partial charge in [0.15, 0.2) is 0 Å². The molecule has 0 radical (unpaired) electrons. The molecule has 3 saturated carbocycles. The van der Waals surface area contributed by atoms with Gasteiger partial charge in [-0.15, -0.1) is 0 Å². The zero-order valence-electron chi connectivity index (χ0n) is 34.2. The summed E-state index contributed by atoms with van der Waals surface area (Å²) in [6.45, 7) is 2.64. The van der Waals surface area contributed by atoms with Crippen molar-refractivity contribution in [3.8, 4) is 35.5 Å². The molecular weight excluding hydrogens is 1540 g/mol. The number of ether oxygens (including phenoxy) is 1. The van der Waals surface area contributed by atoms with Crippen molar-refractivity contribution in [3.63, 3.8) is 0 Å². The summed E-state index contributed by atoms with van der Waals surface area (Å²) >= 11 is 26.8. The van der Waals surface area contributed by atoms with Crippen molar-refractivity contribution in [2.45, 2.75) is 87.7 Å². The number of carbonyl (C=O) groups excluding carboxylic acids is 2. The van der Waals surface area contributed by atoms with E-state index < -0.39 is 52.9 Å². The van der Waals surface area contributed by atoms with Gasteiger partial charge in [-0.25, -0.2) is 4.79 Å². The third-order valence-electron chi connectivity index (χ3n) is 9.43. The summed E-state index contributed by atoms with van der Waals surface area (Å²) in [6, 6.07) is 11.3. The first-order chi connectivity index (χ1) is 31.1. The van der Waals surface area contributed by atoms with Crippen LogP contribution in [0.4, 0.5) is 55.7 Å². The summed E-state index contributed by atoms with van der Waals surface area (Å²) in [5, 5.41) is 25.0. The molecule has 67 heavy (non-hydrogen) atoms. The van der Waals surface area contributed by atoms with E-state index in [0.717, 1.165) is 63.6 Å². The predicted octanol–water partition coefficient (Wildman–Crippen LogP) is 11.9. The van der Waals surface area contributed by atoms with Gasteiger partial charge < -0.3 is 20.3 Å². The number of aliphatic hydroxyl groups is 2. The van der Waals surface area contributed by atoms with Gasteiger partial charge in [0.05, 0.1) is 5.69 Å². The summed E-state index contributed by atoms with van der Waals surface area (Å²) in [5.41, 5.74) is -10.6. The Balaban J connectivity index is 0.000000254. The minimum absolute atomic E-state index is 0.000000945. The second-order valence-corrected chi connectivity index (χ2v) is 32.4. The molecule has 366 valence electrons. The molecule has 3 aromatic carbocycles. The number of benzene rings is 3. The third-order valence-corrected chi connectivity index (χ3v) is 10.1. The predicted molar refractivity (Wildman–Crippen MR) is 269 cm³/mol. The van der Waals surface area contributed by atoms with Crippen LogP contribution >= 0.6 is 109 Å². The molecule has 0 aromatic heterocycles. The number of anilines is 2. The number of alkyl halides is 9. The molecule has 1 aliphatic heterocycles. The van der Waals surface area contributed by atoms with Crippen molar-refractivity contribution in [3.05, 3.63) is 91.9 Å². The maximum Gasteiger partial charge on any atom is 0.445 e. The molecule has 24 heteroatoms. The molecule has 4 aliphatic rings. The average Bonchev–Trinajstić information content (AvgIpc) is 4.07. The van der Waals surface area contributed by atoms with Crippen LogP contribution in [0.2, 0.25) is 15.1 Å². The quantitative estimate of drug-likeness (QED) is 0.119. The van der Waals surface area contributed by atoms with E-state index in [-0.39, 0.29) is 55.3 Å². The van der Waals surface area contributed by atoms with Gasteiger partial charge in [-0.2, -0.15) is 39.5 Å². The molecule has 1 heterocycles. The van der Waals surface area contributed by atoms with Crippen molar-refractivity contribution in [1.29, 1.82) is 0 Å². The number of halogens is 17. The van der Waals surface area contributed by atoms with Gasteiger partial charge in [-0.1, -0.05) is 70.5 Å². The number of hydrogen-bond acceptors (Lipinski definition) is 5.